The van der Waals surface area contributed by atoms with Gasteiger partial charge in [0.25, 0.3) is 0 Å². The summed E-state index contributed by atoms with van der Waals surface area (Å²) in [5.41, 5.74) is 1.22. The molecular weight excluding hydrogens is 230 g/mol. The zero-order valence-electron chi connectivity index (χ0n) is 10.6. The van der Waals surface area contributed by atoms with Crippen LogP contribution in [0.5, 0.6) is 0 Å². The fraction of sp³-hybridized carbons (Fsp3) is 0.571. The number of nitrogens with one attached hydrogen (secondary N) is 1. The Balaban J connectivity index is 1.99. The Morgan fingerprint density at radius 3 is 2.65 bits per heavy atom. The molecule has 1 aromatic rings. The van der Waals surface area contributed by atoms with Crippen molar-refractivity contribution in [1.82, 2.24) is 5.32 Å². The molecule has 0 radical (unpaired) electrons. The zero-order chi connectivity index (χ0) is 12.3. The van der Waals surface area contributed by atoms with Crippen LogP contribution in [0, 0.1) is 6.92 Å². The molecule has 0 bridgehead atoms. The van der Waals surface area contributed by atoms with Gasteiger partial charge in [-0.3, -0.25) is 4.21 Å². The van der Waals surface area contributed by atoms with E-state index in [1.165, 1.54) is 5.56 Å². The van der Waals surface area contributed by atoms with E-state index in [9.17, 15) is 4.21 Å². The van der Waals surface area contributed by atoms with Gasteiger partial charge in [-0.2, -0.15) is 0 Å². The van der Waals surface area contributed by atoms with Gasteiger partial charge in [0.2, 0.25) is 0 Å². The molecule has 2 rings (SSSR count). The molecule has 2 nitrogen and oxygen atoms in total. The summed E-state index contributed by atoms with van der Waals surface area (Å²) in [4.78, 5) is 0.984. The SMILES string of the molecule is CCNC1CCC(S(=O)c2ccc(C)cc2)C1. The van der Waals surface area contributed by atoms with E-state index in [0.29, 0.717) is 11.3 Å². The predicted octanol–water partition coefficient (Wildman–Crippen LogP) is 2.63. The van der Waals surface area contributed by atoms with E-state index >= 15 is 0 Å². The summed E-state index contributed by atoms with van der Waals surface area (Å²) in [7, 11) is -0.831. The molecule has 1 saturated carbocycles. The van der Waals surface area contributed by atoms with Gasteiger partial charge >= 0.3 is 0 Å². The topological polar surface area (TPSA) is 29.1 Å². The second-order valence-electron chi connectivity index (χ2n) is 4.80. The Morgan fingerprint density at radius 1 is 1.29 bits per heavy atom. The Hall–Kier alpha value is -0.670. The van der Waals surface area contributed by atoms with Gasteiger partial charge in [-0.15, -0.1) is 0 Å². The summed E-state index contributed by atoms with van der Waals surface area (Å²) in [5.74, 6) is 0. The summed E-state index contributed by atoms with van der Waals surface area (Å²) >= 11 is 0. The summed E-state index contributed by atoms with van der Waals surface area (Å²) in [5, 5.41) is 3.79. The Kier molecular flexibility index (Phi) is 4.35. The molecule has 94 valence electrons. The van der Waals surface area contributed by atoms with Crippen molar-refractivity contribution < 1.29 is 4.21 Å². The minimum absolute atomic E-state index is 0.335. The van der Waals surface area contributed by atoms with Crippen LogP contribution < -0.4 is 5.32 Å². The van der Waals surface area contributed by atoms with Gasteiger partial charge in [-0.1, -0.05) is 24.6 Å². The van der Waals surface area contributed by atoms with Crippen molar-refractivity contribution in [3.8, 4) is 0 Å². The Morgan fingerprint density at radius 2 is 2.00 bits per heavy atom. The van der Waals surface area contributed by atoms with Crippen molar-refractivity contribution in [2.75, 3.05) is 6.54 Å². The summed E-state index contributed by atoms with van der Waals surface area (Å²) in [6, 6.07) is 8.67. The standard InChI is InChI=1S/C14H21NOS/c1-3-15-12-6-9-14(10-12)17(16)13-7-4-11(2)5-8-13/h4-5,7-8,12,14-15H,3,6,9-10H2,1-2H3. The number of benzene rings is 1. The van der Waals surface area contributed by atoms with Gasteiger partial charge in [-0.05, 0) is 44.9 Å². The molecule has 0 spiro atoms. The van der Waals surface area contributed by atoms with Crippen molar-refractivity contribution in [2.45, 2.75) is 49.3 Å². The molecule has 1 N–H and O–H groups in total. The van der Waals surface area contributed by atoms with Crippen LogP contribution in [0.15, 0.2) is 29.2 Å². The molecule has 3 atom stereocenters. The quantitative estimate of drug-likeness (QED) is 0.891. The maximum atomic E-state index is 12.4. The monoisotopic (exact) mass is 251 g/mol. The first-order chi connectivity index (χ1) is 8.20. The number of aryl methyl sites for hydroxylation is 1. The van der Waals surface area contributed by atoms with Crippen LogP contribution in [0.4, 0.5) is 0 Å². The molecule has 17 heavy (non-hydrogen) atoms. The minimum Gasteiger partial charge on any atom is -0.314 e. The summed E-state index contributed by atoms with van der Waals surface area (Å²) in [6.07, 6.45) is 3.29. The van der Waals surface area contributed by atoms with Crippen LogP contribution in [-0.2, 0) is 10.8 Å². The van der Waals surface area contributed by atoms with Crippen molar-refractivity contribution >= 4 is 10.8 Å². The van der Waals surface area contributed by atoms with Gasteiger partial charge in [0.05, 0.1) is 10.8 Å². The molecule has 1 aliphatic carbocycles. The highest BCUT2D eigenvalue weighted by Crippen LogP contribution is 2.27. The first kappa shape index (κ1) is 12.8. The Bertz CT molecular complexity index is 388. The van der Waals surface area contributed by atoms with E-state index in [1.54, 1.807) is 0 Å². The van der Waals surface area contributed by atoms with Crippen LogP contribution in [0.2, 0.25) is 0 Å². The third kappa shape index (κ3) is 3.17. The molecule has 3 heteroatoms. The highest BCUT2D eigenvalue weighted by atomic mass is 32.2. The van der Waals surface area contributed by atoms with Gasteiger partial charge < -0.3 is 5.32 Å². The molecule has 0 saturated heterocycles. The highest BCUT2D eigenvalue weighted by Gasteiger charge is 2.28. The van der Waals surface area contributed by atoms with E-state index in [-0.39, 0.29) is 0 Å². The van der Waals surface area contributed by atoms with Gasteiger partial charge in [0.1, 0.15) is 0 Å². The normalized spacial score (nSPS) is 26.0. The van der Waals surface area contributed by atoms with E-state index in [2.05, 4.69) is 19.2 Å². The lowest BCUT2D eigenvalue weighted by atomic mass is 10.2. The fourth-order valence-electron chi connectivity index (χ4n) is 2.47. The van der Waals surface area contributed by atoms with Gasteiger partial charge in [0.15, 0.2) is 0 Å². The van der Waals surface area contributed by atoms with Crippen LogP contribution in [0.25, 0.3) is 0 Å². The first-order valence-electron chi connectivity index (χ1n) is 6.41. The van der Waals surface area contributed by atoms with Crippen molar-refractivity contribution in [3.05, 3.63) is 29.8 Å². The summed E-state index contributed by atoms with van der Waals surface area (Å²) in [6.45, 7) is 5.20. The number of hydrogen-bond donors (Lipinski definition) is 1. The second kappa shape index (κ2) is 5.78. The first-order valence-corrected chi connectivity index (χ1v) is 7.62. The highest BCUT2D eigenvalue weighted by molar-refractivity contribution is 7.85. The van der Waals surface area contributed by atoms with Gasteiger partial charge in [0, 0.05) is 16.2 Å². The van der Waals surface area contributed by atoms with E-state index in [1.807, 2.05) is 24.3 Å². The molecular formula is C14H21NOS. The molecule has 0 aliphatic heterocycles. The third-order valence-electron chi connectivity index (χ3n) is 3.43. The number of hydrogen-bond acceptors (Lipinski definition) is 2. The molecule has 0 amide bonds. The zero-order valence-corrected chi connectivity index (χ0v) is 11.4. The maximum Gasteiger partial charge on any atom is 0.0561 e. The molecule has 1 aliphatic rings. The number of rotatable bonds is 4. The van der Waals surface area contributed by atoms with Crippen molar-refractivity contribution in [2.24, 2.45) is 0 Å². The fourth-order valence-corrected chi connectivity index (χ4v) is 4.02. The molecule has 1 fully saturated rings. The van der Waals surface area contributed by atoms with Crippen LogP contribution >= 0.6 is 0 Å². The maximum absolute atomic E-state index is 12.4. The van der Waals surface area contributed by atoms with Gasteiger partial charge in [-0.25, -0.2) is 0 Å². The van der Waals surface area contributed by atoms with Crippen LogP contribution in [0.3, 0.4) is 0 Å². The Labute approximate surface area is 106 Å². The molecule has 3 unspecified atom stereocenters. The average molecular weight is 251 g/mol. The average Bonchev–Trinajstić information content (AvgIpc) is 2.78. The predicted molar refractivity (Wildman–Crippen MR) is 72.7 cm³/mol. The summed E-state index contributed by atoms with van der Waals surface area (Å²) < 4.78 is 12.4. The minimum atomic E-state index is -0.831. The van der Waals surface area contributed by atoms with Crippen LogP contribution in [-0.4, -0.2) is 22.0 Å². The van der Waals surface area contributed by atoms with Crippen LogP contribution in [0.1, 0.15) is 31.7 Å². The van der Waals surface area contributed by atoms with Crippen molar-refractivity contribution in [1.29, 1.82) is 0 Å². The van der Waals surface area contributed by atoms with Crippen molar-refractivity contribution in [3.63, 3.8) is 0 Å². The lowest BCUT2D eigenvalue weighted by Crippen LogP contribution is -2.27. The van der Waals surface area contributed by atoms with E-state index in [0.717, 1.165) is 30.7 Å². The smallest absolute Gasteiger partial charge is 0.0561 e. The second-order valence-corrected chi connectivity index (χ2v) is 6.53. The molecule has 0 heterocycles. The third-order valence-corrected chi connectivity index (χ3v) is 5.20. The lowest BCUT2D eigenvalue weighted by molar-refractivity contribution is 0.542. The van der Waals surface area contributed by atoms with E-state index in [4.69, 9.17) is 0 Å². The molecule has 1 aromatic carbocycles. The lowest BCUT2D eigenvalue weighted by Gasteiger charge is -2.12. The van der Waals surface area contributed by atoms with E-state index < -0.39 is 10.8 Å². The molecule has 0 aromatic heterocycles. The largest absolute Gasteiger partial charge is 0.314 e.